The SMILES string of the molecule is NC1(c2ccc(SCCCN3CCCC3)cc2)CCOCC1. The Balaban J connectivity index is 1.44. The standard InChI is InChI=1S/C18H28N2OS/c19-18(8-13-21-14-9-18)16-4-6-17(7-5-16)22-15-3-12-20-10-1-2-11-20/h4-7H,1-3,8-15,19H2. The van der Waals surface area contributed by atoms with Gasteiger partial charge in [0.15, 0.2) is 0 Å². The first-order valence-electron chi connectivity index (χ1n) is 8.59. The molecule has 3 rings (SSSR count). The molecule has 1 aromatic carbocycles. The smallest absolute Gasteiger partial charge is 0.0486 e. The van der Waals surface area contributed by atoms with E-state index in [1.807, 2.05) is 11.8 Å². The van der Waals surface area contributed by atoms with Crippen molar-refractivity contribution in [1.29, 1.82) is 0 Å². The first-order chi connectivity index (χ1) is 10.8. The summed E-state index contributed by atoms with van der Waals surface area (Å²) in [7, 11) is 0. The van der Waals surface area contributed by atoms with Gasteiger partial charge >= 0.3 is 0 Å². The van der Waals surface area contributed by atoms with Crippen LogP contribution in [0.25, 0.3) is 0 Å². The maximum atomic E-state index is 6.53. The Labute approximate surface area is 138 Å². The molecule has 22 heavy (non-hydrogen) atoms. The lowest BCUT2D eigenvalue weighted by molar-refractivity contribution is 0.0522. The predicted molar refractivity (Wildman–Crippen MR) is 93.4 cm³/mol. The molecular formula is C18H28N2OS. The van der Waals surface area contributed by atoms with Crippen molar-refractivity contribution in [3.63, 3.8) is 0 Å². The van der Waals surface area contributed by atoms with Gasteiger partial charge in [-0.05, 0) is 75.2 Å². The topological polar surface area (TPSA) is 38.5 Å². The number of hydrogen-bond donors (Lipinski definition) is 1. The molecule has 2 N–H and O–H groups in total. The van der Waals surface area contributed by atoms with Crippen molar-refractivity contribution < 1.29 is 4.74 Å². The summed E-state index contributed by atoms with van der Waals surface area (Å²) in [5.41, 5.74) is 7.61. The zero-order valence-electron chi connectivity index (χ0n) is 13.4. The number of nitrogens with zero attached hydrogens (tertiary/aromatic N) is 1. The normalized spacial score (nSPS) is 22.0. The molecule has 2 fully saturated rings. The minimum Gasteiger partial charge on any atom is -0.381 e. The van der Waals surface area contributed by atoms with Crippen LogP contribution in [-0.4, -0.2) is 43.5 Å². The zero-order chi connectivity index (χ0) is 15.3. The van der Waals surface area contributed by atoms with Crippen molar-refractivity contribution in [1.82, 2.24) is 4.90 Å². The van der Waals surface area contributed by atoms with Crippen LogP contribution in [-0.2, 0) is 10.3 Å². The molecule has 2 saturated heterocycles. The van der Waals surface area contributed by atoms with Crippen LogP contribution in [0.3, 0.4) is 0 Å². The van der Waals surface area contributed by atoms with Gasteiger partial charge in [0.2, 0.25) is 0 Å². The maximum Gasteiger partial charge on any atom is 0.0486 e. The monoisotopic (exact) mass is 320 g/mol. The molecule has 0 atom stereocenters. The second-order valence-corrected chi connectivity index (χ2v) is 7.71. The van der Waals surface area contributed by atoms with Gasteiger partial charge in [0.1, 0.15) is 0 Å². The fourth-order valence-corrected chi connectivity index (χ4v) is 4.23. The molecule has 4 heteroatoms. The van der Waals surface area contributed by atoms with E-state index in [1.54, 1.807) is 0 Å². The lowest BCUT2D eigenvalue weighted by atomic mass is 9.84. The highest BCUT2D eigenvalue weighted by Gasteiger charge is 2.29. The Morgan fingerprint density at radius 1 is 1.09 bits per heavy atom. The molecule has 1 aromatic rings. The minimum atomic E-state index is -0.183. The molecule has 2 aliphatic rings. The van der Waals surface area contributed by atoms with E-state index in [2.05, 4.69) is 29.2 Å². The number of ether oxygens (including phenoxy) is 1. The van der Waals surface area contributed by atoms with E-state index in [4.69, 9.17) is 10.5 Å². The highest BCUT2D eigenvalue weighted by Crippen LogP contribution is 2.30. The highest BCUT2D eigenvalue weighted by atomic mass is 32.2. The molecule has 0 aromatic heterocycles. The van der Waals surface area contributed by atoms with Gasteiger partial charge in [0, 0.05) is 23.6 Å². The fourth-order valence-electron chi connectivity index (χ4n) is 3.39. The van der Waals surface area contributed by atoms with Crippen molar-refractivity contribution >= 4 is 11.8 Å². The van der Waals surface area contributed by atoms with Crippen LogP contribution in [0.15, 0.2) is 29.2 Å². The third-order valence-electron chi connectivity index (χ3n) is 4.90. The summed E-state index contributed by atoms with van der Waals surface area (Å²) in [4.78, 5) is 3.95. The lowest BCUT2D eigenvalue weighted by Gasteiger charge is -2.33. The molecule has 3 nitrogen and oxygen atoms in total. The van der Waals surface area contributed by atoms with Gasteiger partial charge in [-0.15, -0.1) is 11.8 Å². The van der Waals surface area contributed by atoms with Gasteiger partial charge in [-0.25, -0.2) is 0 Å². The fraction of sp³-hybridized carbons (Fsp3) is 0.667. The molecule has 0 aliphatic carbocycles. The number of benzene rings is 1. The lowest BCUT2D eigenvalue weighted by Crippen LogP contribution is -2.42. The van der Waals surface area contributed by atoms with Crippen molar-refractivity contribution in [2.45, 2.75) is 42.5 Å². The number of likely N-dealkylation sites (tertiary alicyclic amines) is 1. The number of hydrogen-bond acceptors (Lipinski definition) is 4. The highest BCUT2D eigenvalue weighted by molar-refractivity contribution is 7.99. The van der Waals surface area contributed by atoms with Gasteiger partial charge in [-0.2, -0.15) is 0 Å². The van der Waals surface area contributed by atoms with Crippen molar-refractivity contribution in [2.75, 3.05) is 38.6 Å². The Kier molecular flexibility index (Phi) is 5.80. The molecule has 2 heterocycles. The van der Waals surface area contributed by atoms with Crippen LogP contribution in [0.4, 0.5) is 0 Å². The average molecular weight is 321 g/mol. The summed E-state index contributed by atoms with van der Waals surface area (Å²) in [6.45, 7) is 5.44. The minimum absolute atomic E-state index is 0.183. The summed E-state index contributed by atoms with van der Waals surface area (Å²) in [5.74, 6) is 1.21. The number of thioether (sulfide) groups is 1. The van der Waals surface area contributed by atoms with E-state index in [9.17, 15) is 0 Å². The van der Waals surface area contributed by atoms with E-state index < -0.39 is 0 Å². The predicted octanol–water partition coefficient (Wildman–Crippen LogP) is 3.23. The van der Waals surface area contributed by atoms with Gasteiger partial charge in [-0.3, -0.25) is 0 Å². The summed E-state index contributed by atoms with van der Waals surface area (Å²) in [6, 6.07) is 8.90. The summed E-state index contributed by atoms with van der Waals surface area (Å²) in [5, 5.41) is 0. The van der Waals surface area contributed by atoms with Gasteiger partial charge in [0.05, 0.1) is 0 Å². The largest absolute Gasteiger partial charge is 0.381 e. The average Bonchev–Trinajstić information content (AvgIpc) is 3.06. The third-order valence-corrected chi connectivity index (χ3v) is 6.00. The van der Waals surface area contributed by atoms with Crippen molar-refractivity contribution in [3.8, 4) is 0 Å². The molecule has 122 valence electrons. The second-order valence-electron chi connectivity index (χ2n) is 6.54. The first kappa shape index (κ1) is 16.3. The van der Waals surface area contributed by atoms with E-state index in [-0.39, 0.29) is 5.54 Å². The second kappa shape index (κ2) is 7.82. The van der Waals surface area contributed by atoms with E-state index >= 15 is 0 Å². The molecule has 0 unspecified atom stereocenters. The number of rotatable bonds is 6. The Bertz CT molecular complexity index is 451. The summed E-state index contributed by atoms with van der Waals surface area (Å²) in [6.07, 6.45) is 5.91. The van der Waals surface area contributed by atoms with Crippen LogP contribution in [0, 0.1) is 0 Å². The Morgan fingerprint density at radius 2 is 1.77 bits per heavy atom. The summed E-state index contributed by atoms with van der Waals surface area (Å²) < 4.78 is 5.43. The van der Waals surface area contributed by atoms with Gasteiger partial charge in [-0.1, -0.05) is 12.1 Å². The van der Waals surface area contributed by atoms with Crippen molar-refractivity contribution in [3.05, 3.63) is 29.8 Å². The molecule has 0 spiro atoms. The van der Waals surface area contributed by atoms with Gasteiger partial charge in [0.25, 0.3) is 0 Å². The van der Waals surface area contributed by atoms with Gasteiger partial charge < -0.3 is 15.4 Å². The summed E-state index contributed by atoms with van der Waals surface area (Å²) >= 11 is 1.97. The van der Waals surface area contributed by atoms with Crippen LogP contribution >= 0.6 is 11.8 Å². The zero-order valence-corrected chi connectivity index (χ0v) is 14.2. The molecule has 0 radical (unpaired) electrons. The molecule has 0 saturated carbocycles. The Morgan fingerprint density at radius 3 is 2.45 bits per heavy atom. The molecule has 0 amide bonds. The van der Waals surface area contributed by atoms with Crippen LogP contribution in [0.1, 0.15) is 37.7 Å². The third kappa shape index (κ3) is 4.25. The van der Waals surface area contributed by atoms with E-state index in [0.29, 0.717) is 0 Å². The van der Waals surface area contributed by atoms with Crippen LogP contribution < -0.4 is 5.73 Å². The van der Waals surface area contributed by atoms with Crippen LogP contribution in [0.5, 0.6) is 0 Å². The first-order valence-corrected chi connectivity index (χ1v) is 9.57. The van der Waals surface area contributed by atoms with Crippen molar-refractivity contribution in [2.24, 2.45) is 5.73 Å². The van der Waals surface area contributed by atoms with E-state index in [0.717, 1.165) is 26.1 Å². The quantitative estimate of drug-likeness (QED) is 0.645. The maximum absolute atomic E-state index is 6.53. The van der Waals surface area contributed by atoms with Crippen LogP contribution in [0.2, 0.25) is 0 Å². The number of nitrogens with two attached hydrogens (primary N) is 1. The molecule has 0 bridgehead atoms. The Hall–Kier alpha value is -0.550. The van der Waals surface area contributed by atoms with E-state index in [1.165, 1.54) is 55.1 Å². The molecular weight excluding hydrogens is 292 g/mol. The molecule has 2 aliphatic heterocycles.